The zero-order chi connectivity index (χ0) is 17.4. The molecule has 0 aromatic heterocycles. The summed E-state index contributed by atoms with van der Waals surface area (Å²) in [5, 5.41) is 4.23. The van der Waals surface area contributed by atoms with Gasteiger partial charge >= 0.3 is 0 Å². The van der Waals surface area contributed by atoms with E-state index in [1.165, 1.54) is 15.6 Å². The largest absolute Gasteiger partial charge is 0.172 e. The smallest absolute Gasteiger partial charge is 0.127 e. The minimum absolute atomic E-state index is 0. The Morgan fingerprint density at radius 2 is 1.04 bits per heavy atom. The second-order valence-electron chi connectivity index (χ2n) is 6.14. The SMILES string of the molecule is C.ClCCC/C=C\[Si](c1ccccc1)(c1ccccc1)c1ccccc1. The summed E-state index contributed by atoms with van der Waals surface area (Å²) in [4.78, 5) is 0. The molecular weight excluding hydrogens is 352 g/mol. The number of hydrogen-bond donors (Lipinski definition) is 0. The summed E-state index contributed by atoms with van der Waals surface area (Å²) in [5.74, 6) is 0.709. The number of hydrogen-bond acceptors (Lipinski definition) is 0. The molecule has 0 atom stereocenters. The van der Waals surface area contributed by atoms with E-state index in [0.29, 0.717) is 5.88 Å². The molecule has 0 heterocycles. The van der Waals surface area contributed by atoms with E-state index in [-0.39, 0.29) is 7.43 Å². The molecule has 0 N–H and O–H groups in total. The normalized spacial score (nSPS) is 11.3. The number of rotatable bonds is 7. The van der Waals surface area contributed by atoms with Crippen molar-refractivity contribution in [2.75, 3.05) is 5.88 Å². The molecule has 3 aromatic rings. The first-order chi connectivity index (χ1) is 12.4. The van der Waals surface area contributed by atoms with Crippen molar-refractivity contribution in [1.29, 1.82) is 0 Å². The van der Waals surface area contributed by atoms with Crippen LogP contribution >= 0.6 is 11.6 Å². The molecule has 2 heteroatoms. The van der Waals surface area contributed by atoms with Crippen LogP contribution in [-0.2, 0) is 0 Å². The fourth-order valence-electron chi connectivity index (χ4n) is 3.35. The Morgan fingerprint density at radius 3 is 1.38 bits per heavy atom. The van der Waals surface area contributed by atoms with Crippen LogP contribution in [-0.4, -0.2) is 14.0 Å². The maximum atomic E-state index is 5.88. The molecule has 26 heavy (non-hydrogen) atoms. The van der Waals surface area contributed by atoms with Crippen LogP contribution in [0.3, 0.4) is 0 Å². The lowest BCUT2D eigenvalue weighted by atomic mass is 10.3. The lowest BCUT2D eigenvalue weighted by molar-refractivity contribution is 0.967. The highest BCUT2D eigenvalue weighted by atomic mass is 35.5. The van der Waals surface area contributed by atoms with Gasteiger partial charge in [0.25, 0.3) is 0 Å². The lowest BCUT2D eigenvalue weighted by Crippen LogP contribution is -2.66. The van der Waals surface area contributed by atoms with E-state index in [0.717, 1.165) is 12.8 Å². The van der Waals surface area contributed by atoms with Gasteiger partial charge in [-0.1, -0.05) is 110 Å². The average molecular weight is 379 g/mol. The van der Waals surface area contributed by atoms with Gasteiger partial charge in [0.1, 0.15) is 0 Å². The molecule has 0 radical (unpaired) electrons. The molecule has 0 bridgehead atoms. The van der Waals surface area contributed by atoms with Crippen LogP contribution in [0.5, 0.6) is 0 Å². The van der Waals surface area contributed by atoms with Crippen molar-refractivity contribution >= 4 is 35.2 Å². The van der Waals surface area contributed by atoms with E-state index in [4.69, 9.17) is 11.6 Å². The van der Waals surface area contributed by atoms with Crippen molar-refractivity contribution < 1.29 is 0 Å². The van der Waals surface area contributed by atoms with E-state index < -0.39 is 8.07 Å². The first-order valence-corrected chi connectivity index (χ1v) is 11.4. The minimum atomic E-state index is -2.20. The van der Waals surface area contributed by atoms with Crippen LogP contribution in [0.1, 0.15) is 20.3 Å². The molecule has 0 amide bonds. The second-order valence-corrected chi connectivity index (χ2v) is 10.2. The predicted molar refractivity (Wildman–Crippen MR) is 120 cm³/mol. The van der Waals surface area contributed by atoms with Gasteiger partial charge in [-0.2, -0.15) is 0 Å². The third-order valence-corrected chi connectivity index (χ3v) is 9.29. The van der Waals surface area contributed by atoms with Crippen LogP contribution in [0.25, 0.3) is 0 Å². The first-order valence-electron chi connectivity index (χ1n) is 8.78. The number of allylic oxidation sites excluding steroid dienone is 1. The van der Waals surface area contributed by atoms with Gasteiger partial charge in [-0.3, -0.25) is 0 Å². The van der Waals surface area contributed by atoms with Gasteiger partial charge in [0, 0.05) is 5.88 Å². The highest BCUT2D eigenvalue weighted by Crippen LogP contribution is 2.10. The Balaban J connectivity index is 0.00000243. The molecule has 3 aromatic carbocycles. The Labute approximate surface area is 164 Å². The summed E-state index contributed by atoms with van der Waals surface area (Å²) in [6.45, 7) is 0. The van der Waals surface area contributed by atoms with Crippen LogP contribution in [0.2, 0.25) is 0 Å². The fourth-order valence-corrected chi connectivity index (χ4v) is 7.75. The minimum Gasteiger partial charge on any atom is -0.127 e. The van der Waals surface area contributed by atoms with Crippen molar-refractivity contribution in [3.8, 4) is 0 Å². The molecule has 0 saturated heterocycles. The van der Waals surface area contributed by atoms with Gasteiger partial charge in [-0.25, -0.2) is 0 Å². The van der Waals surface area contributed by atoms with Gasteiger partial charge in [0.05, 0.1) is 0 Å². The van der Waals surface area contributed by atoms with Gasteiger partial charge in [-0.15, -0.1) is 11.6 Å². The van der Waals surface area contributed by atoms with Gasteiger partial charge in [0.2, 0.25) is 0 Å². The standard InChI is InChI=1S/C23H23ClSi.CH4/c24-19-11-4-12-20-25(21-13-5-1-6-14-21,22-15-7-2-8-16-22)23-17-9-3-10-18-23;/h1-3,5-10,12-18,20H,4,11,19H2;1H4/b20-12-;. The highest BCUT2D eigenvalue weighted by molar-refractivity contribution is 7.14. The Hall–Kier alpha value is -2.09. The summed E-state index contributed by atoms with van der Waals surface area (Å²) in [7, 11) is -2.20. The van der Waals surface area contributed by atoms with Crippen LogP contribution in [0, 0.1) is 0 Å². The third kappa shape index (κ3) is 4.35. The van der Waals surface area contributed by atoms with Crippen molar-refractivity contribution in [2.24, 2.45) is 0 Å². The predicted octanol–water partition coefficient (Wildman–Crippen LogP) is 4.91. The summed E-state index contributed by atoms with van der Waals surface area (Å²) in [5.41, 5.74) is 2.49. The van der Waals surface area contributed by atoms with E-state index in [9.17, 15) is 0 Å². The van der Waals surface area contributed by atoms with Gasteiger partial charge in [0.15, 0.2) is 8.07 Å². The Bertz CT molecular complexity index is 686. The Morgan fingerprint density at radius 1 is 0.654 bits per heavy atom. The highest BCUT2D eigenvalue weighted by Gasteiger charge is 2.36. The lowest BCUT2D eigenvalue weighted by Gasteiger charge is -2.30. The molecule has 0 fully saturated rings. The summed E-state index contributed by atoms with van der Waals surface area (Å²) in [6, 6.07) is 32.8. The van der Waals surface area contributed by atoms with Crippen LogP contribution in [0.4, 0.5) is 0 Å². The van der Waals surface area contributed by atoms with E-state index in [1.807, 2.05) is 0 Å². The van der Waals surface area contributed by atoms with Crippen molar-refractivity contribution in [3.63, 3.8) is 0 Å². The zero-order valence-corrected chi connectivity index (χ0v) is 16.1. The van der Waals surface area contributed by atoms with Crippen LogP contribution < -0.4 is 15.6 Å². The maximum Gasteiger partial charge on any atom is 0.172 e. The van der Waals surface area contributed by atoms with Crippen molar-refractivity contribution in [3.05, 3.63) is 103 Å². The fraction of sp³-hybridized carbons (Fsp3) is 0.167. The van der Waals surface area contributed by atoms with Crippen molar-refractivity contribution in [1.82, 2.24) is 0 Å². The molecule has 0 saturated carbocycles. The molecule has 3 rings (SSSR count). The first kappa shape index (κ1) is 20.2. The summed E-state index contributed by atoms with van der Waals surface area (Å²) >= 11 is 5.88. The van der Waals surface area contributed by atoms with E-state index >= 15 is 0 Å². The van der Waals surface area contributed by atoms with E-state index in [2.05, 4.69) is 103 Å². The Kier molecular flexibility index (Phi) is 7.90. The molecule has 0 unspecified atom stereocenters. The quantitative estimate of drug-likeness (QED) is 0.237. The topological polar surface area (TPSA) is 0 Å². The third-order valence-electron chi connectivity index (χ3n) is 4.56. The number of unbranched alkanes of at least 4 members (excludes halogenated alkanes) is 1. The number of alkyl halides is 1. The number of halogens is 1. The molecule has 0 spiro atoms. The zero-order valence-electron chi connectivity index (χ0n) is 14.3. The molecule has 0 nitrogen and oxygen atoms in total. The number of benzene rings is 3. The second kappa shape index (κ2) is 10.2. The summed E-state index contributed by atoms with van der Waals surface area (Å²) < 4.78 is 0. The molecule has 134 valence electrons. The molecule has 0 aliphatic rings. The van der Waals surface area contributed by atoms with E-state index in [1.54, 1.807) is 0 Å². The average Bonchev–Trinajstić information content (AvgIpc) is 2.70. The maximum absolute atomic E-state index is 5.88. The van der Waals surface area contributed by atoms with Crippen molar-refractivity contribution in [2.45, 2.75) is 20.3 Å². The molecular formula is C24H27ClSi. The molecule has 0 aliphatic carbocycles. The monoisotopic (exact) mass is 378 g/mol. The van der Waals surface area contributed by atoms with Crippen LogP contribution in [0.15, 0.2) is 103 Å². The van der Waals surface area contributed by atoms with Gasteiger partial charge < -0.3 is 0 Å². The van der Waals surface area contributed by atoms with Gasteiger partial charge in [-0.05, 0) is 28.4 Å². The molecule has 0 aliphatic heterocycles. The summed E-state index contributed by atoms with van der Waals surface area (Å²) in [6.07, 6.45) is 4.37.